The van der Waals surface area contributed by atoms with Crippen molar-refractivity contribution < 1.29 is 4.74 Å². The summed E-state index contributed by atoms with van der Waals surface area (Å²) in [5.74, 6) is 6.22. The van der Waals surface area contributed by atoms with Gasteiger partial charge in [0.15, 0.2) is 0 Å². The number of hydrogen-bond acceptors (Lipinski definition) is 1. The molecule has 3 rings (SSSR count). The first-order valence-electron chi connectivity index (χ1n) is 6.65. The Morgan fingerprint density at radius 1 is 0.650 bits per heavy atom. The molecule has 98 valence electrons. The van der Waals surface area contributed by atoms with Crippen LogP contribution in [-0.4, -0.2) is 36.3 Å². The normalized spacial score (nSPS) is 12.2. The third-order valence-electron chi connectivity index (χ3n) is 2.73. The van der Waals surface area contributed by atoms with Crippen LogP contribution in [0.3, 0.4) is 0 Å². The summed E-state index contributed by atoms with van der Waals surface area (Å²) in [7, 11) is 0. The largest absolute Gasteiger partial charge is 0.381 e. The number of ether oxygens (including phenoxy) is 1. The van der Waals surface area contributed by atoms with E-state index in [1.54, 1.807) is 0 Å². The van der Waals surface area contributed by atoms with Gasteiger partial charge in [-0.3, -0.25) is 0 Å². The van der Waals surface area contributed by atoms with Crippen LogP contribution in [0.1, 0.15) is 24.0 Å². The lowest BCUT2D eigenvalue weighted by Gasteiger charge is -1.88. The second-order valence-electron chi connectivity index (χ2n) is 4.30. The summed E-state index contributed by atoms with van der Waals surface area (Å²) >= 11 is 0. The highest BCUT2D eigenvalue weighted by Crippen LogP contribution is 1.99. The van der Waals surface area contributed by atoms with Crippen molar-refractivity contribution in [3.05, 3.63) is 71.8 Å². The van der Waals surface area contributed by atoms with Crippen LogP contribution in [-0.2, 0) is 4.74 Å². The zero-order valence-electron chi connectivity index (χ0n) is 11.7. The molecule has 1 saturated heterocycles. The highest BCUT2D eigenvalue weighted by Gasteiger charge is 1.94. The Balaban J connectivity index is 0.000000283. The van der Waals surface area contributed by atoms with Crippen molar-refractivity contribution in [3.8, 4) is 11.8 Å². The molecule has 0 N–H and O–H groups in total. The van der Waals surface area contributed by atoms with Crippen LogP contribution in [0.2, 0.25) is 0 Å². The topological polar surface area (TPSA) is 9.23 Å². The van der Waals surface area contributed by atoms with Gasteiger partial charge in [0.2, 0.25) is 0 Å². The van der Waals surface area contributed by atoms with E-state index in [1.807, 2.05) is 60.7 Å². The second-order valence-corrected chi connectivity index (χ2v) is 4.30. The van der Waals surface area contributed by atoms with Crippen LogP contribution in [0.4, 0.5) is 0 Å². The predicted octanol–water partition coefficient (Wildman–Crippen LogP) is 3.50. The maximum atomic E-state index is 4.94. The van der Waals surface area contributed by atoms with Gasteiger partial charge in [0, 0.05) is 47.4 Å². The Hall–Kier alpha value is -1.27. The number of rotatable bonds is 0. The fraction of sp³-hybridized carbons (Fsp3) is 0.222. The van der Waals surface area contributed by atoms with E-state index in [2.05, 4.69) is 11.8 Å². The van der Waals surface area contributed by atoms with Gasteiger partial charge in [0.1, 0.15) is 0 Å². The molecule has 1 fully saturated rings. The average Bonchev–Trinajstić information content (AvgIpc) is 3.07. The second kappa shape index (κ2) is 10.5. The maximum Gasteiger partial charge on any atom is 0.0466 e. The molecule has 0 spiro atoms. The van der Waals surface area contributed by atoms with Gasteiger partial charge < -0.3 is 4.74 Å². The van der Waals surface area contributed by atoms with Crippen LogP contribution < -0.4 is 0 Å². The van der Waals surface area contributed by atoms with Gasteiger partial charge in [0.25, 0.3) is 0 Å². The van der Waals surface area contributed by atoms with Crippen molar-refractivity contribution in [2.24, 2.45) is 0 Å². The van der Waals surface area contributed by atoms with E-state index in [0.29, 0.717) is 0 Å². The lowest BCUT2D eigenvalue weighted by molar-refractivity contribution is 0.198. The van der Waals surface area contributed by atoms with Crippen molar-refractivity contribution in [1.29, 1.82) is 0 Å². The van der Waals surface area contributed by atoms with Crippen LogP contribution in [0.25, 0.3) is 0 Å². The molecule has 0 saturated carbocycles. The van der Waals surface area contributed by atoms with E-state index in [-0.39, 0.29) is 23.1 Å². The predicted molar refractivity (Wildman–Crippen MR) is 84.7 cm³/mol. The molecule has 2 aromatic rings. The van der Waals surface area contributed by atoms with E-state index >= 15 is 0 Å². The molecule has 2 radical (unpaired) electrons. The Morgan fingerprint density at radius 2 is 1.05 bits per heavy atom. The summed E-state index contributed by atoms with van der Waals surface area (Å²) in [4.78, 5) is 0. The van der Waals surface area contributed by atoms with E-state index < -0.39 is 0 Å². The quantitative estimate of drug-likeness (QED) is 0.528. The fourth-order valence-corrected chi connectivity index (χ4v) is 1.70. The molecule has 0 aliphatic carbocycles. The molecule has 1 aliphatic rings. The minimum Gasteiger partial charge on any atom is -0.381 e. The standard InChI is InChI=1S/C14H10.C4H8O.Mg/c1-3-7-13(8-4-1)11-12-14-9-5-2-6-10-14;1-2-4-5-3-1;/h1-10H;1-4H2;. The molecule has 0 unspecified atom stereocenters. The molecule has 0 amide bonds. The summed E-state index contributed by atoms with van der Waals surface area (Å²) in [5, 5.41) is 0. The first-order chi connectivity index (χ1) is 9.45. The molecule has 0 aromatic heterocycles. The van der Waals surface area contributed by atoms with Gasteiger partial charge in [0.05, 0.1) is 0 Å². The Labute approximate surface area is 137 Å². The molecule has 1 heterocycles. The first-order valence-corrected chi connectivity index (χ1v) is 6.65. The Kier molecular flexibility index (Phi) is 8.81. The minimum atomic E-state index is 0. The summed E-state index contributed by atoms with van der Waals surface area (Å²) in [6.07, 6.45) is 2.56. The zero-order valence-corrected chi connectivity index (χ0v) is 13.1. The van der Waals surface area contributed by atoms with Gasteiger partial charge in [-0.15, -0.1) is 0 Å². The van der Waals surface area contributed by atoms with Crippen LogP contribution >= 0.6 is 0 Å². The number of hydrogen-bond donors (Lipinski definition) is 0. The van der Waals surface area contributed by atoms with E-state index in [4.69, 9.17) is 4.74 Å². The van der Waals surface area contributed by atoms with Gasteiger partial charge in [-0.2, -0.15) is 0 Å². The molecule has 20 heavy (non-hydrogen) atoms. The SMILES string of the molecule is C(#Cc1ccccc1)c1ccccc1.C1CCOC1.[Mg]. The van der Waals surface area contributed by atoms with Crippen molar-refractivity contribution in [3.63, 3.8) is 0 Å². The van der Waals surface area contributed by atoms with Crippen LogP contribution in [0.5, 0.6) is 0 Å². The Morgan fingerprint density at radius 3 is 1.35 bits per heavy atom. The van der Waals surface area contributed by atoms with Gasteiger partial charge in [-0.05, 0) is 37.1 Å². The molecule has 2 heteroatoms. The van der Waals surface area contributed by atoms with Crippen molar-refractivity contribution in [1.82, 2.24) is 0 Å². The highest BCUT2D eigenvalue weighted by atomic mass is 24.3. The summed E-state index contributed by atoms with van der Waals surface area (Å²) < 4.78 is 4.94. The first kappa shape index (κ1) is 16.8. The van der Waals surface area contributed by atoms with Crippen molar-refractivity contribution >= 4 is 23.1 Å². The third kappa shape index (κ3) is 6.77. The van der Waals surface area contributed by atoms with Crippen molar-refractivity contribution in [2.75, 3.05) is 13.2 Å². The molecule has 1 nitrogen and oxygen atoms in total. The zero-order chi connectivity index (χ0) is 13.2. The number of benzene rings is 2. The fourth-order valence-electron chi connectivity index (χ4n) is 1.70. The van der Waals surface area contributed by atoms with Crippen LogP contribution in [0, 0.1) is 11.8 Å². The molecule has 2 aromatic carbocycles. The van der Waals surface area contributed by atoms with E-state index in [9.17, 15) is 0 Å². The molecular formula is C18H18MgO. The third-order valence-corrected chi connectivity index (χ3v) is 2.73. The Bertz CT molecular complexity index is 470. The van der Waals surface area contributed by atoms with E-state index in [0.717, 1.165) is 24.3 Å². The maximum absolute atomic E-state index is 4.94. The van der Waals surface area contributed by atoms with Crippen molar-refractivity contribution in [2.45, 2.75) is 12.8 Å². The average molecular weight is 275 g/mol. The van der Waals surface area contributed by atoms with Gasteiger partial charge in [-0.25, -0.2) is 0 Å². The molecule has 0 atom stereocenters. The smallest absolute Gasteiger partial charge is 0.0466 e. The summed E-state index contributed by atoms with van der Waals surface area (Å²) in [6.45, 7) is 2.00. The summed E-state index contributed by atoms with van der Waals surface area (Å²) in [6, 6.07) is 20.0. The minimum absolute atomic E-state index is 0. The molecular weight excluding hydrogens is 257 g/mol. The van der Waals surface area contributed by atoms with Crippen LogP contribution in [0.15, 0.2) is 60.7 Å². The highest BCUT2D eigenvalue weighted by molar-refractivity contribution is 5.75. The van der Waals surface area contributed by atoms with Gasteiger partial charge >= 0.3 is 0 Å². The lowest BCUT2D eigenvalue weighted by Crippen LogP contribution is -1.74. The molecule has 0 bridgehead atoms. The summed E-state index contributed by atoms with van der Waals surface area (Å²) in [5.41, 5.74) is 2.10. The van der Waals surface area contributed by atoms with Gasteiger partial charge in [-0.1, -0.05) is 48.2 Å². The monoisotopic (exact) mass is 274 g/mol. The van der Waals surface area contributed by atoms with E-state index in [1.165, 1.54) is 12.8 Å². The lowest BCUT2D eigenvalue weighted by atomic mass is 10.2. The molecule has 1 aliphatic heterocycles.